The second-order valence-electron chi connectivity index (χ2n) is 4.29. The maximum Gasteiger partial charge on any atom is 0.253 e. The number of nitrogens with zero attached hydrogens (tertiary/aromatic N) is 1. The van der Waals surface area contributed by atoms with Gasteiger partial charge in [0.05, 0.1) is 5.56 Å². The van der Waals surface area contributed by atoms with Crippen LogP contribution in [0.1, 0.15) is 41.6 Å². The van der Waals surface area contributed by atoms with Crippen molar-refractivity contribution in [2.75, 3.05) is 13.1 Å². The molecule has 0 aromatic carbocycles. The zero-order valence-corrected chi connectivity index (χ0v) is 10.5. The number of nitrogens with one attached hydrogen (secondary N) is 1. The molecule has 0 unspecified atom stereocenters. The average Bonchev–Trinajstić information content (AvgIpc) is 2.50. The molecule has 0 aliphatic rings. The van der Waals surface area contributed by atoms with E-state index in [-0.39, 0.29) is 5.91 Å². The number of carbonyl (C=O) groups excluding carboxylic acids is 1. The third-order valence-corrected chi connectivity index (χ3v) is 2.68. The van der Waals surface area contributed by atoms with E-state index in [2.05, 4.69) is 23.7 Å². The molecule has 0 fully saturated rings. The van der Waals surface area contributed by atoms with Crippen LogP contribution in [-0.4, -0.2) is 23.6 Å². The van der Waals surface area contributed by atoms with E-state index in [1.807, 2.05) is 19.9 Å². The molecular weight excluding hydrogens is 202 g/mol. The van der Waals surface area contributed by atoms with Crippen LogP contribution in [0.5, 0.6) is 0 Å². The standard InChI is InChI=1S/C12H21N3O/c1-8(2)15-9(3)7-11(10(15)4)12(16)14-6-5-13/h7-8H,5-6,13H2,1-4H3,(H,14,16). The second-order valence-corrected chi connectivity index (χ2v) is 4.29. The molecule has 16 heavy (non-hydrogen) atoms. The SMILES string of the molecule is Cc1cc(C(=O)NCCN)c(C)n1C(C)C. The van der Waals surface area contributed by atoms with E-state index in [0.717, 1.165) is 17.0 Å². The van der Waals surface area contributed by atoms with Gasteiger partial charge in [0, 0.05) is 30.5 Å². The predicted molar refractivity (Wildman–Crippen MR) is 65.7 cm³/mol. The Bertz CT molecular complexity index is 380. The summed E-state index contributed by atoms with van der Waals surface area (Å²) in [6.45, 7) is 9.21. The van der Waals surface area contributed by atoms with E-state index in [4.69, 9.17) is 5.73 Å². The molecule has 1 aromatic rings. The average molecular weight is 223 g/mol. The number of aromatic nitrogens is 1. The van der Waals surface area contributed by atoms with Gasteiger partial charge in [-0.25, -0.2) is 0 Å². The summed E-state index contributed by atoms with van der Waals surface area (Å²) < 4.78 is 2.16. The summed E-state index contributed by atoms with van der Waals surface area (Å²) >= 11 is 0. The van der Waals surface area contributed by atoms with Crippen molar-refractivity contribution < 1.29 is 4.79 Å². The fourth-order valence-corrected chi connectivity index (χ4v) is 2.08. The number of nitrogens with two attached hydrogens (primary N) is 1. The van der Waals surface area contributed by atoms with Crippen molar-refractivity contribution in [3.63, 3.8) is 0 Å². The lowest BCUT2D eigenvalue weighted by Gasteiger charge is -2.13. The van der Waals surface area contributed by atoms with Gasteiger partial charge < -0.3 is 15.6 Å². The normalized spacial score (nSPS) is 10.9. The topological polar surface area (TPSA) is 60.1 Å². The van der Waals surface area contributed by atoms with Gasteiger partial charge in [-0.05, 0) is 33.8 Å². The largest absolute Gasteiger partial charge is 0.351 e. The first kappa shape index (κ1) is 12.8. The van der Waals surface area contributed by atoms with Crippen molar-refractivity contribution in [2.24, 2.45) is 5.73 Å². The summed E-state index contributed by atoms with van der Waals surface area (Å²) in [4.78, 5) is 11.8. The van der Waals surface area contributed by atoms with Gasteiger partial charge in [-0.1, -0.05) is 0 Å². The van der Waals surface area contributed by atoms with Crippen molar-refractivity contribution in [1.29, 1.82) is 0 Å². The highest BCUT2D eigenvalue weighted by Crippen LogP contribution is 2.19. The Morgan fingerprint density at radius 1 is 1.50 bits per heavy atom. The van der Waals surface area contributed by atoms with Crippen molar-refractivity contribution in [3.05, 3.63) is 23.0 Å². The van der Waals surface area contributed by atoms with Crippen LogP contribution >= 0.6 is 0 Å². The summed E-state index contributed by atoms with van der Waals surface area (Å²) in [5.74, 6) is -0.0366. The first-order chi connectivity index (χ1) is 7.49. The summed E-state index contributed by atoms with van der Waals surface area (Å²) in [7, 11) is 0. The smallest absolute Gasteiger partial charge is 0.253 e. The molecule has 0 atom stereocenters. The van der Waals surface area contributed by atoms with E-state index in [1.54, 1.807) is 0 Å². The van der Waals surface area contributed by atoms with Crippen LogP contribution in [0.4, 0.5) is 0 Å². The van der Waals surface area contributed by atoms with E-state index in [9.17, 15) is 4.79 Å². The molecule has 1 aromatic heterocycles. The zero-order chi connectivity index (χ0) is 12.3. The van der Waals surface area contributed by atoms with E-state index < -0.39 is 0 Å². The fraction of sp³-hybridized carbons (Fsp3) is 0.583. The molecule has 1 amide bonds. The van der Waals surface area contributed by atoms with Gasteiger partial charge in [0.25, 0.3) is 5.91 Å². The Morgan fingerprint density at radius 2 is 2.12 bits per heavy atom. The van der Waals surface area contributed by atoms with Gasteiger partial charge in [-0.15, -0.1) is 0 Å². The Kier molecular flexibility index (Phi) is 4.12. The van der Waals surface area contributed by atoms with Crippen molar-refractivity contribution in [2.45, 2.75) is 33.7 Å². The van der Waals surface area contributed by atoms with Crippen LogP contribution in [0.2, 0.25) is 0 Å². The van der Waals surface area contributed by atoms with Gasteiger partial charge in [0.15, 0.2) is 0 Å². The van der Waals surface area contributed by atoms with Gasteiger partial charge in [0.1, 0.15) is 0 Å². The van der Waals surface area contributed by atoms with Crippen LogP contribution in [-0.2, 0) is 0 Å². The molecule has 1 rings (SSSR count). The highest BCUT2D eigenvalue weighted by molar-refractivity contribution is 5.95. The summed E-state index contributed by atoms with van der Waals surface area (Å²) in [6, 6.07) is 2.30. The predicted octanol–water partition coefficient (Wildman–Crippen LogP) is 1.37. The Hall–Kier alpha value is -1.29. The molecule has 3 N–H and O–H groups in total. The second kappa shape index (κ2) is 5.16. The number of hydrogen-bond donors (Lipinski definition) is 2. The van der Waals surface area contributed by atoms with E-state index in [1.165, 1.54) is 0 Å². The Balaban J connectivity index is 2.98. The first-order valence-corrected chi connectivity index (χ1v) is 5.65. The van der Waals surface area contributed by atoms with Crippen LogP contribution in [0.25, 0.3) is 0 Å². The number of amides is 1. The highest BCUT2D eigenvalue weighted by Gasteiger charge is 2.16. The van der Waals surface area contributed by atoms with Crippen LogP contribution in [0.15, 0.2) is 6.07 Å². The minimum Gasteiger partial charge on any atom is -0.351 e. The van der Waals surface area contributed by atoms with Crippen LogP contribution in [0.3, 0.4) is 0 Å². The number of aryl methyl sites for hydroxylation is 1. The van der Waals surface area contributed by atoms with E-state index >= 15 is 0 Å². The molecule has 1 heterocycles. The Labute approximate surface area is 96.8 Å². The lowest BCUT2D eigenvalue weighted by Crippen LogP contribution is -2.29. The summed E-state index contributed by atoms with van der Waals surface area (Å²) in [6.07, 6.45) is 0. The molecular formula is C12H21N3O. The van der Waals surface area contributed by atoms with Crippen molar-refractivity contribution >= 4 is 5.91 Å². The van der Waals surface area contributed by atoms with Crippen LogP contribution < -0.4 is 11.1 Å². The lowest BCUT2D eigenvalue weighted by molar-refractivity contribution is 0.0954. The Morgan fingerprint density at radius 3 is 2.56 bits per heavy atom. The number of hydrogen-bond acceptors (Lipinski definition) is 2. The van der Waals surface area contributed by atoms with Crippen molar-refractivity contribution in [3.8, 4) is 0 Å². The molecule has 0 spiro atoms. The van der Waals surface area contributed by atoms with Gasteiger partial charge >= 0.3 is 0 Å². The highest BCUT2D eigenvalue weighted by atomic mass is 16.1. The third kappa shape index (κ3) is 2.44. The van der Waals surface area contributed by atoms with Gasteiger partial charge in [0.2, 0.25) is 0 Å². The lowest BCUT2D eigenvalue weighted by atomic mass is 10.2. The maximum atomic E-state index is 11.8. The first-order valence-electron chi connectivity index (χ1n) is 5.65. The molecule has 4 heteroatoms. The minimum absolute atomic E-state index is 0.0366. The quantitative estimate of drug-likeness (QED) is 0.810. The monoisotopic (exact) mass is 223 g/mol. The summed E-state index contributed by atoms with van der Waals surface area (Å²) in [5, 5.41) is 2.79. The molecule has 4 nitrogen and oxygen atoms in total. The van der Waals surface area contributed by atoms with Crippen LogP contribution in [0, 0.1) is 13.8 Å². The maximum absolute atomic E-state index is 11.8. The zero-order valence-electron chi connectivity index (χ0n) is 10.5. The number of carbonyl (C=O) groups is 1. The minimum atomic E-state index is -0.0366. The van der Waals surface area contributed by atoms with Crippen molar-refractivity contribution in [1.82, 2.24) is 9.88 Å². The molecule has 0 aliphatic carbocycles. The molecule has 90 valence electrons. The molecule has 0 aliphatic heterocycles. The molecule has 0 saturated heterocycles. The van der Waals surface area contributed by atoms with Gasteiger partial charge in [-0.2, -0.15) is 0 Å². The summed E-state index contributed by atoms with van der Waals surface area (Å²) in [5.41, 5.74) is 8.24. The van der Waals surface area contributed by atoms with Gasteiger partial charge in [-0.3, -0.25) is 4.79 Å². The molecule has 0 radical (unpaired) electrons. The molecule has 0 saturated carbocycles. The number of rotatable bonds is 4. The third-order valence-electron chi connectivity index (χ3n) is 2.68. The molecule has 0 bridgehead atoms. The van der Waals surface area contributed by atoms with E-state index in [0.29, 0.717) is 19.1 Å². The fourth-order valence-electron chi connectivity index (χ4n) is 2.08.